The van der Waals surface area contributed by atoms with Crippen LogP contribution in [0.2, 0.25) is 0 Å². The second kappa shape index (κ2) is 8.37. The molecular formula is C22H16F3N3O5S. The Morgan fingerprint density at radius 2 is 1.74 bits per heavy atom. The Kier molecular flexibility index (Phi) is 5.69. The molecule has 12 heteroatoms. The van der Waals surface area contributed by atoms with Crippen LogP contribution in [-0.4, -0.2) is 36.5 Å². The minimum atomic E-state index is -4.85. The number of hydrogen-bond acceptors (Lipinski definition) is 5. The number of nitrogens with zero attached hydrogens (tertiary/aromatic N) is 1. The molecule has 4 aromatic rings. The summed E-state index contributed by atoms with van der Waals surface area (Å²) >= 11 is 0. The second-order valence-electron chi connectivity index (χ2n) is 7.29. The molecular weight excluding hydrogens is 475 g/mol. The van der Waals surface area contributed by atoms with Crippen LogP contribution in [0.1, 0.15) is 10.5 Å². The Morgan fingerprint density at radius 1 is 1.03 bits per heavy atom. The molecule has 0 spiro atoms. The summed E-state index contributed by atoms with van der Waals surface area (Å²) in [6, 6.07) is 14.7. The zero-order valence-electron chi connectivity index (χ0n) is 17.4. The summed E-state index contributed by atoms with van der Waals surface area (Å²) in [4.78, 5) is 28.2. The van der Waals surface area contributed by atoms with Gasteiger partial charge in [-0.3, -0.25) is 14.2 Å². The lowest BCUT2D eigenvalue weighted by Gasteiger charge is -2.11. The first-order valence-electron chi connectivity index (χ1n) is 9.63. The summed E-state index contributed by atoms with van der Waals surface area (Å²) in [6.45, 7) is 0. The summed E-state index contributed by atoms with van der Waals surface area (Å²) in [5.41, 5.74) is 0.346. The molecule has 0 unspecified atom stereocenters. The number of anilines is 1. The minimum Gasteiger partial charge on any atom is -0.406 e. The summed E-state index contributed by atoms with van der Waals surface area (Å²) in [6.07, 6.45) is -3.80. The van der Waals surface area contributed by atoms with Crippen LogP contribution in [-0.2, 0) is 9.84 Å². The number of amides is 1. The number of pyridine rings is 1. The van der Waals surface area contributed by atoms with E-state index in [1.54, 1.807) is 0 Å². The highest BCUT2D eigenvalue weighted by molar-refractivity contribution is 7.90. The number of benzene rings is 2. The topological polar surface area (TPSA) is 110 Å². The van der Waals surface area contributed by atoms with Crippen molar-refractivity contribution in [3.05, 3.63) is 82.8 Å². The van der Waals surface area contributed by atoms with Crippen LogP contribution in [0.5, 0.6) is 5.75 Å². The number of nitrogens with one attached hydrogen (secondary N) is 2. The van der Waals surface area contributed by atoms with Crippen LogP contribution in [0.25, 0.3) is 16.7 Å². The smallest absolute Gasteiger partial charge is 0.406 e. The molecule has 0 radical (unpaired) electrons. The Balaban J connectivity index is 1.67. The second-order valence-corrected chi connectivity index (χ2v) is 9.31. The summed E-state index contributed by atoms with van der Waals surface area (Å²) in [5.74, 6) is -1.03. The quantitative estimate of drug-likeness (QED) is 0.440. The van der Waals surface area contributed by atoms with Crippen molar-refractivity contribution < 1.29 is 31.1 Å². The molecule has 1 amide bonds. The molecule has 176 valence electrons. The molecule has 2 aromatic carbocycles. The van der Waals surface area contributed by atoms with Crippen molar-refractivity contribution in [2.45, 2.75) is 11.3 Å². The fourth-order valence-corrected chi connectivity index (χ4v) is 3.96. The highest BCUT2D eigenvalue weighted by atomic mass is 32.2. The highest BCUT2D eigenvalue weighted by Gasteiger charge is 2.31. The van der Waals surface area contributed by atoms with Gasteiger partial charge in [0.1, 0.15) is 17.1 Å². The monoisotopic (exact) mass is 491 g/mol. The van der Waals surface area contributed by atoms with Crippen molar-refractivity contribution in [3.63, 3.8) is 0 Å². The van der Waals surface area contributed by atoms with Crippen LogP contribution >= 0.6 is 0 Å². The predicted molar refractivity (Wildman–Crippen MR) is 118 cm³/mol. The van der Waals surface area contributed by atoms with E-state index in [-0.39, 0.29) is 27.6 Å². The standard InChI is InChI=1S/C22H16F3N3O5S/c1-34(31,32)17-4-2-3-14(12-17)26-21(30)18-11-13-5-10-19(29)28(20(13)27-18)15-6-8-16(9-7-15)33-22(23,24)25/h2-12,27H,1H3,(H,26,30). The van der Waals surface area contributed by atoms with E-state index >= 15 is 0 Å². The average molecular weight is 491 g/mol. The number of alkyl halides is 3. The molecule has 8 nitrogen and oxygen atoms in total. The molecule has 0 fully saturated rings. The lowest BCUT2D eigenvalue weighted by atomic mass is 10.2. The molecule has 4 rings (SSSR count). The highest BCUT2D eigenvalue weighted by Crippen LogP contribution is 2.25. The number of carbonyl (C=O) groups excluding carboxylic acids is 1. The number of halogens is 3. The zero-order valence-corrected chi connectivity index (χ0v) is 18.2. The molecule has 0 aliphatic carbocycles. The van der Waals surface area contributed by atoms with Gasteiger partial charge in [-0.1, -0.05) is 6.07 Å². The molecule has 0 bridgehead atoms. The van der Waals surface area contributed by atoms with Gasteiger partial charge in [-0.15, -0.1) is 13.2 Å². The first-order chi connectivity index (χ1) is 15.9. The van der Waals surface area contributed by atoms with Crippen LogP contribution in [0.15, 0.2) is 76.4 Å². The first kappa shape index (κ1) is 23.1. The van der Waals surface area contributed by atoms with Gasteiger partial charge in [0, 0.05) is 23.4 Å². The molecule has 0 saturated heterocycles. The van der Waals surface area contributed by atoms with Gasteiger partial charge in [0.2, 0.25) is 0 Å². The van der Waals surface area contributed by atoms with E-state index in [2.05, 4.69) is 15.0 Å². The van der Waals surface area contributed by atoms with Gasteiger partial charge in [-0.05, 0) is 54.6 Å². The number of aromatic amines is 1. The van der Waals surface area contributed by atoms with E-state index in [1.165, 1.54) is 59.2 Å². The molecule has 2 aromatic heterocycles. The van der Waals surface area contributed by atoms with E-state index in [0.29, 0.717) is 5.39 Å². The van der Waals surface area contributed by atoms with Gasteiger partial charge < -0.3 is 15.0 Å². The fourth-order valence-electron chi connectivity index (χ4n) is 3.30. The molecule has 2 heterocycles. The van der Waals surface area contributed by atoms with Crippen LogP contribution < -0.4 is 15.6 Å². The third-order valence-electron chi connectivity index (χ3n) is 4.77. The van der Waals surface area contributed by atoms with E-state index in [0.717, 1.165) is 18.4 Å². The van der Waals surface area contributed by atoms with Gasteiger partial charge in [-0.25, -0.2) is 8.42 Å². The Hall–Kier alpha value is -4.06. The maximum atomic E-state index is 12.8. The number of aromatic nitrogens is 2. The molecule has 0 saturated carbocycles. The molecule has 0 aliphatic rings. The normalized spacial score (nSPS) is 12.0. The van der Waals surface area contributed by atoms with Crippen molar-refractivity contribution in [1.29, 1.82) is 0 Å². The SMILES string of the molecule is CS(=O)(=O)c1cccc(NC(=O)c2cc3ccc(=O)n(-c4ccc(OC(F)(F)F)cc4)c3[nH]2)c1. The first-order valence-corrected chi connectivity index (χ1v) is 11.5. The van der Waals surface area contributed by atoms with E-state index in [9.17, 15) is 31.2 Å². The Labute approximate surface area is 190 Å². The van der Waals surface area contributed by atoms with Gasteiger partial charge in [0.05, 0.1) is 10.6 Å². The molecule has 0 atom stereocenters. The van der Waals surface area contributed by atoms with E-state index < -0.39 is 33.4 Å². The van der Waals surface area contributed by atoms with E-state index in [1.807, 2.05) is 0 Å². The van der Waals surface area contributed by atoms with Gasteiger partial charge in [0.15, 0.2) is 9.84 Å². The lowest BCUT2D eigenvalue weighted by molar-refractivity contribution is -0.274. The lowest BCUT2D eigenvalue weighted by Crippen LogP contribution is -2.19. The number of ether oxygens (including phenoxy) is 1. The third-order valence-corrected chi connectivity index (χ3v) is 5.88. The minimum absolute atomic E-state index is 0.0359. The number of carbonyl (C=O) groups is 1. The Bertz CT molecular complexity index is 1560. The fraction of sp³-hybridized carbons (Fsp3) is 0.0909. The number of rotatable bonds is 5. The average Bonchev–Trinajstić information content (AvgIpc) is 3.17. The van der Waals surface area contributed by atoms with Gasteiger partial charge in [0.25, 0.3) is 11.5 Å². The predicted octanol–water partition coefficient (Wildman–Crippen LogP) is 3.87. The number of fused-ring (bicyclic) bond motifs is 1. The van der Waals surface area contributed by atoms with E-state index in [4.69, 9.17) is 0 Å². The molecule has 34 heavy (non-hydrogen) atoms. The summed E-state index contributed by atoms with van der Waals surface area (Å²) in [5, 5.41) is 3.08. The van der Waals surface area contributed by atoms with Gasteiger partial charge >= 0.3 is 6.36 Å². The van der Waals surface area contributed by atoms with Crippen LogP contribution in [0, 0.1) is 0 Å². The van der Waals surface area contributed by atoms with Crippen LogP contribution in [0.3, 0.4) is 0 Å². The number of sulfone groups is 1. The Morgan fingerprint density at radius 3 is 2.38 bits per heavy atom. The maximum absolute atomic E-state index is 12.8. The van der Waals surface area contributed by atoms with Crippen molar-refractivity contribution in [2.24, 2.45) is 0 Å². The molecule has 0 aliphatic heterocycles. The third kappa shape index (κ3) is 4.96. The van der Waals surface area contributed by atoms with Gasteiger partial charge in [-0.2, -0.15) is 0 Å². The van der Waals surface area contributed by atoms with Crippen molar-refractivity contribution >= 4 is 32.5 Å². The zero-order chi connectivity index (χ0) is 24.7. The number of H-pyrrole nitrogens is 1. The summed E-state index contributed by atoms with van der Waals surface area (Å²) in [7, 11) is -3.47. The number of hydrogen-bond donors (Lipinski definition) is 2. The van der Waals surface area contributed by atoms with Crippen molar-refractivity contribution in [1.82, 2.24) is 9.55 Å². The molecule has 2 N–H and O–H groups in total. The van der Waals surface area contributed by atoms with Crippen molar-refractivity contribution in [3.8, 4) is 11.4 Å². The van der Waals surface area contributed by atoms with Crippen molar-refractivity contribution in [2.75, 3.05) is 11.6 Å². The summed E-state index contributed by atoms with van der Waals surface area (Å²) < 4.78 is 65.7. The largest absolute Gasteiger partial charge is 0.573 e. The maximum Gasteiger partial charge on any atom is 0.573 e. The van der Waals surface area contributed by atoms with Crippen LogP contribution in [0.4, 0.5) is 18.9 Å².